The molecular weight excluding hydrogens is 269 g/mol. The molecule has 0 aliphatic carbocycles. The summed E-state index contributed by atoms with van der Waals surface area (Å²) < 4.78 is 24.5. The molecule has 0 heterocycles. The Kier molecular flexibility index (Phi) is 5.16. The molecule has 0 N–H and O–H groups in total. The Labute approximate surface area is 123 Å². The molecule has 2 rings (SSSR count). The number of nitrogens with zero attached hydrogens (tertiary/aromatic N) is 1. The Hall–Kier alpha value is -2.54. The molecule has 0 amide bonds. The van der Waals surface area contributed by atoms with E-state index in [0.717, 1.165) is 6.42 Å². The minimum Gasteiger partial charge on any atom is -0.490 e. The van der Waals surface area contributed by atoms with Crippen molar-refractivity contribution in [2.24, 2.45) is 0 Å². The van der Waals surface area contributed by atoms with E-state index in [2.05, 4.69) is 0 Å². The minimum absolute atomic E-state index is 0.118. The van der Waals surface area contributed by atoms with E-state index in [-0.39, 0.29) is 12.4 Å². The van der Waals surface area contributed by atoms with E-state index in [4.69, 9.17) is 14.7 Å². The Morgan fingerprint density at radius 2 is 1.81 bits per heavy atom. The smallest absolute Gasteiger partial charge is 0.161 e. The van der Waals surface area contributed by atoms with Gasteiger partial charge in [-0.15, -0.1) is 0 Å². The predicted octanol–water partition coefficient (Wildman–Crippen LogP) is 4.07. The second-order valence-electron chi connectivity index (χ2n) is 4.50. The summed E-state index contributed by atoms with van der Waals surface area (Å²) in [4.78, 5) is 0. The first-order chi connectivity index (χ1) is 10.2. The highest BCUT2D eigenvalue weighted by atomic mass is 19.1. The highest BCUT2D eigenvalue weighted by molar-refractivity contribution is 5.41. The van der Waals surface area contributed by atoms with Gasteiger partial charge >= 0.3 is 0 Å². The molecule has 0 saturated heterocycles. The van der Waals surface area contributed by atoms with Crippen molar-refractivity contribution >= 4 is 0 Å². The van der Waals surface area contributed by atoms with Crippen LogP contribution in [-0.2, 0) is 6.61 Å². The molecule has 0 aliphatic heterocycles. The van der Waals surface area contributed by atoms with Crippen molar-refractivity contribution < 1.29 is 13.9 Å². The molecule has 0 aromatic heterocycles. The molecule has 3 nitrogen and oxygen atoms in total. The number of hydrogen-bond donors (Lipinski definition) is 0. The number of rotatable bonds is 6. The standard InChI is InChI=1S/C17H16FNO2/c1-2-9-20-16-5-3-4-6-17(16)21-12-14-10-15(18)8-7-13(14)11-19/h3-8,10H,2,9,12H2,1H3. The molecule has 2 aromatic rings. The molecule has 0 fully saturated rings. The average Bonchev–Trinajstić information content (AvgIpc) is 2.52. The highest BCUT2D eigenvalue weighted by Gasteiger charge is 2.08. The van der Waals surface area contributed by atoms with Gasteiger partial charge < -0.3 is 9.47 Å². The van der Waals surface area contributed by atoms with Gasteiger partial charge in [-0.05, 0) is 36.8 Å². The van der Waals surface area contributed by atoms with Gasteiger partial charge in [-0.1, -0.05) is 19.1 Å². The van der Waals surface area contributed by atoms with E-state index >= 15 is 0 Å². The van der Waals surface area contributed by atoms with E-state index in [1.807, 2.05) is 31.2 Å². The molecule has 0 bridgehead atoms. The Morgan fingerprint density at radius 3 is 2.48 bits per heavy atom. The summed E-state index contributed by atoms with van der Waals surface area (Å²) in [6, 6.07) is 13.4. The largest absolute Gasteiger partial charge is 0.490 e. The van der Waals surface area contributed by atoms with Crippen molar-refractivity contribution in [2.75, 3.05) is 6.61 Å². The second kappa shape index (κ2) is 7.30. The number of nitriles is 1. The van der Waals surface area contributed by atoms with E-state index in [9.17, 15) is 4.39 Å². The van der Waals surface area contributed by atoms with Crippen molar-refractivity contribution in [3.05, 3.63) is 59.4 Å². The summed E-state index contributed by atoms with van der Waals surface area (Å²) >= 11 is 0. The molecule has 0 unspecified atom stereocenters. The summed E-state index contributed by atoms with van der Waals surface area (Å²) in [6.45, 7) is 2.74. The maximum absolute atomic E-state index is 13.3. The number of hydrogen-bond acceptors (Lipinski definition) is 3. The SMILES string of the molecule is CCCOc1ccccc1OCc1cc(F)ccc1C#N. The van der Waals surface area contributed by atoms with Crippen LogP contribution in [0.4, 0.5) is 4.39 Å². The summed E-state index contributed by atoms with van der Waals surface area (Å²) in [5.41, 5.74) is 0.922. The topological polar surface area (TPSA) is 42.2 Å². The zero-order valence-corrected chi connectivity index (χ0v) is 11.8. The van der Waals surface area contributed by atoms with Crippen molar-refractivity contribution in [1.82, 2.24) is 0 Å². The summed E-state index contributed by atoms with van der Waals surface area (Å²) in [5.74, 6) is 0.844. The van der Waals surface area contributed by atoms with Crippen LogP contribution in [0.15, 0.2) is 42.5 Å². The van der Waals surface area contributed by atoms with Crippen LogP contribution in [-0.4, -0.2) is 6.61 Å². The molecular formula is C17H16FNO2. The fraction of sp³-hybridized carbons (Fsp3) is 0.235. The lowest BCUT2D eigenvalue weighted by atomic mass is 10.1. The second-order valence-corrected chi connectivity index (χ2v) is 4.50. The quantitative estimate of drug-likeness (QED) is 0.803. The lowest BCUT2D eigenvalue weighted by Crippen LogP contribution is -2.02. The third-order valence-corrected chi connectivity index (χ3v) is 2.88. The van der Waals surface area contributed by atoms with E-state index in [1.54, 1.807) is 6.07 Å². The maximum Gasteiger partial charge on any atom is 0.161 e. The van der Waals surface area contributed by atoms with Gasteiger partial charge in [0, 0.05) is 5.56 Å². The lowest BCUT2D eigenvalue weighted by molar-refractivity contribution is 0.261. The van der Waals surface area contributed by atoms with Crippen LogP contribution >= 0.6 is 0 Å². The normalized spacial score (nSPS) is 9.95. The van der Waals surface area contributed by atoms with Gasteiger partial charge in [-0.25, -0.2) is 4.39 Å². The van der Waals surface area contributed by atoms with Gasteiger partial charge in [-0.3, -0.25) is 0 Å². The van der Waals surface area contributed by atoms with Crippen molar-refractivity contribution in [3.63, 3.8) is 0 Å². The fourth-order valence-corrected chi connectivity index (χ4v) is 1.85. The lowest BCUT2D eigenvalue weighted by Gasteiger charge is -2.12. The van der Waals surface area contributed by atoms with Crippen molar-refractivity contribution in [1.29, 1.82) is 5.26 Å². The van der Waals surface area contributed by atoms with Crippen LogP contribution in [0.3, 0.4) is 0 Å². The third-order valence-electron chi connectivity index (χ3n) is 2.88. The molecule has 0 saturated carbocycles. The van der Waals surface area contributed by atoms with E-state index in [1.165, 1.54) is 18.2 Å². The fourth-order valence-electron chi connectivity index (χ4n) is 1.85. The maximum atomic E-state index is 13.3. The Morgan fingerprint density at radius 1 is 1.10 bits per heavy atom. The van der Waals surface area contributed by atoms with Gasteiger partial charge in [-0.2, -0.15) is 5.26 Å². The van der Waals surface area contributed by atoms with Gasteiger partial charge in [0.15, 0.2) is 11.5 Å². The van der Waals surface area contributed by atoms with Gasteiger partial charge in [0.1, 0.15) is 12.4 Å². The van der Waals surface area contributed by atoms with Crippen LogP contribution in [0, 0.1) is 17.1 Å². The van der Waals surface area contributed by atoms with Gasteiger partial charge in [0.2, 0.25) is 0 Å². The summed E-state index contributed by atoms with van der Waals surface area (Å²) in [7, 11) is 0. The van der Waals surface area contributed by atoms with Crippen molar-refractivity contribution in [2.45, 2.75) is 20.0 Å². The van der Waals surface area contributed by atoms with E-state index < -0.39 is 0 Å². The zero-order chi connectivity index (χ0) is 15.1. The Balaban J connectivity index is 2.13. The number of ether oxygens (including phenoxy) is 2. The van der Waals surface area contributed by atoms with Crippen LogP contribution < -0.4 is 9.47 Å². The number of benzene rings is 2. The summed E-state index contributed by atoms with van der Waals surface area (Å²) in [6.07, 6.45) is 0.900. The van der Waals surface area contributed by atoms with Gasteiger partial charge in [0.25, 0.3) is 0 Å². The third kappa shape index (κ3) is 3.96. The average molecular weight is 285 g/mol. The molecule has 0 aliphatic rings. The Bertz CT molecular complexity index is 649. The predicted molar refractivity (Wildman–Crippen MR) is 77.7 cm³/mol. The first-order valence-corrected chi connectivity index (χ1v) is 6.77. The molecule has 2 aromatic carbocycles. The van der Waals surface area contributed by atoms with E-state index in [0.29, 0.717) is 29.2 Å². The van der Waals surface area contributed by atoms with Gasteiger partial charge in [0.05, 0.1) is 18.2 Å². The monoisotopic (exact) mass is 285 g/mol. The molecule has 108 valence electrons. The first-order valence-electron chi connectivity index (χ1n) is 6.77. The van der Waals surface area contributed by atoms with Crippen LogP contribution in [0.2, 0.25) is 0 Å². The first kappa shape index (κ1) is 14.9. The minimum atomic E-state index is -0.386. The number of halogens is 1. The van der Waals surface area contributed by atoms with Crippen LogP contribution in [0.1, 0.15) is 24.5 Å². The molecule has 0 radical (unpaired) electrons. The highest BCUT2D eigenvalue weighted by Crippen LogP contribution is 2.27. The molecule has 0 spiro atoms. The number of para-hydroxylation sites is 2. The summed E-state index contributed by atoms with van der Waals surface area (Å²) in [5, 5.41) is 9.02. The molecule has 4 heteroatoms. The van der Waals surface area contributed by atoms with Crippen LogP contribution in [0.5, 0.6) is 11.5 Å². The van der Waals surface area contributed by atoms with Crippen LogP contribution in [0.25, 0.3) is 0 Å². The molecule has 0 atom stereocenters. The molecule has 21 heavy (non-hydrogen) atoms. The zero-order valence-electron chi connectivity index (χ0n) is 11.8. The van der Waals surface area contributed by atoms with Crippen molar-refractivity contribution in [3.8, 4) is 17.6 Å².